The van der Waals surface area contributed by atoms with Crippen LogP contribution in [0.2, 0.25) is 0 Å². The Bertz CT molecular complexity index is 1630. The first-order chi connectivity index (χ1) is 20.0. The van der Waals surface area contributed by atoms with Crippen molar-refractivity contribution in [2.45, 2.75) is 53.4 Å². The van der Waals surface area contributed by atoms with Gasteiger partial charge in [-0.15, -0.1) is 6.58 Å². The Balaban J connectivity index is 1.75. The van der Waals surface area contributed by atoms with Gasteiger partial charge in [-0.3, -0.25) is 14.6 Å². The molecule has 0 radical (unpaired) electrons. The molecule has 0 aliphatic carbocycles. The third kappa shape index (κ3) is 5.24. The van der Waals surface area contributed by atoms with E-state index in [0.29, 0.717) is 18.5 Å². The minimum atomic E-state index is -0.878. The highest BCUT2D eigenvalue weighted by Gasteiger charge is 2.33. The molecule has 0 fully saturated rings. The van der Waals surface area contributed by atoms with Crippen LogP contribution in [0.3, 0.4) is 0 Å². The van der Waals surface area contributed by atoms with Gasteiger partial charge < -0.3 is 15.5 Å². The van der Waals surface area contributed by atoms with Gasteiger partial charge in [-0.05, 0) is 73.3 Å². The molecule has 42 heavy (non-hydrogen) atoms. The van der Waals surface area contributed by atoms with Crippen LogP contribution >= 0.6 is 0 Å². The summed E-state index contributed by atoms with van der Waals surface area (Å²) in [6, 6.07) is 0. The summed E-state index contributed by atoms with van der Waals surface area (Å²) in [5.74, 6) is -1.76. The smallest absolute Gasteiger partial charge is 0.303 e. The second-order valence-electron chi connectivity index (χ2n) is 11.2. The third-order valence-electron chi connectivity index (χ3n) is 8.71. The SMILES string of the molecule is C=CC1=C(C)C2=CC3=NC(=CC4=NC(=CC5=C(CCC(=O)O)C(C)C(=CC1=N2)N5)C(CCC(=O)O)=C4C)C(C)C3C=C. The first-order valence-corrected chi connectivity index (χ1v) is 14.3. The zero-order chi connectivity index (χ0) is 30.3. The fourth-order valence-corrected chi connectivity index (χ4v) is 6.14. The fraction of sp³-hybridized carbons (Fsp3) is 0.324. The van der Waals surface area contributed by atoms with Crippen LogP contribution < -0.4 is 5.32 Å². The molecule has 5 heterocycles. The lowest BCUT2D eigenvalue weighted by Crippen LogP contribution is -2.12. The lowest BCUT2D eigenvalue weighted by Gasteiger charge is -2.12. The van der Waals surface area contributed by atoms with Crippen LogP contribution in [0.1, 0.15) is 53.4 Å². The van der Waals surface area contributed by atoms with Gasteiger partial charge in [0.2, 0.25) is 0 Å². The Hall–Kier alpha value is -4.59. The number of carbonyl (C=O) groups is 2. The normalized spacial score (nSPS) is 24.9. The number of fused-ring (bicyclic) bond motifs is 5. The molecule has 0 aromatic heterocycles. The predicted octanol–water partition coefficient (Wildman–Crippen LogP) is 6.38. The second-order valence-corrected chi connectivity index (χ2v) is 11.2. The maximum atomic E-state index is 11.5. The number of hydrogen-bond donors (Lipinski definition) is 3. The van der Waals surface area contributed by atoms with Gasteiger partial charge in [0, 0.05) is 53.3 Å². The molecular weight excluding hydrogens is 528 g/mol. The molecule has 0 saturated carbocycles. The van der Waals surface area contributed by atoms with E-state index >= 15 is 0 Å². The molecule has 3 unspecified atom stereocenters. The molecular formula is C34H36N4O4. The van der Waals surface area contributed by atoms with Crippen molar-refractivity contribution in [2.24, 2.45) is 32.7 Å². The van der Waals surface area contributed by atoms with E-state index in [1.54, 1.807) is 0 Å². The standard InChI is InChI=1S/C34H36N4O4/c1-7-21-17(3)25-13-26-19(5)23(9-11-33(39)40)31(37-26)16-32-24(10-12-34(41)42)20(6)28(38-32)15-30-22(8-2)18(4)27(36-30)14-29(21)35-25/h7-8,13-17,20-21,38H,1-2,9-12H2,3-6H3,(H,39,40)(H,41,42). The predicted molar refractivity (Wildman–Crippen MR) is 166 cm³/mol. The summed E-state index contributed by atoms with van der Waals surface area (Å²) in [6.45, 7) is 16.3. The Morgan fingerprint density at radius 3 is 2.26 bits per heavy atom. The molecule has 0 amide bonds. The Labute approximate surface area is 246 Å². The summed E-state index contributed by atoms with van der Waals surface area (Å²) in [5, 5.41) is 22.4. The van der Waals surface area contributed by atoms with Crippen LogP contribution in [0.4, 0.5) is 0 Å². The highest BCUT2D eigenvalue weighted by atomic mass is 16.4. The molecule has 5 rings (SSSR count). The van der Waals surface area contributed by atoms with E-state index in [4.69, 9.17) is 15.0 Å². The van der Waals surface area contributed by atoms with E-state index in [0.717, 1.165) is 67.8 Å². The Kier molecular flexibility index (Phi) is 7.82. The van der Waals surface area contributed by atoms with E-state index in [-0.39, 0.29) is 30.6 Å². The van der Waals surface area contributed by atoms with Crippen LogP contribution in [0, 0.1) is 17.8 Å². The number of carboxylic acids is 2. The third-order valence-corrected chi connectivity index (χ3v) is 8.71. The largest absolute Gasteiger partial charge is 0.481 e. The summed E-state index contributed by atoms with van der Waals surface area (Å²) in [4.78, 5) is 38.0. The van der Waals surface area contributed by atoms with Crippen molar-refractivity contribution in [3.63, 3.8) is 0 Å². The first kappa shape index (κ1) is 28.9. The number of aliphatic imine (C=N–C) groups is 3. The van der Waals surface area contributed by atoms with Crippen LogP contribution in [-0.4, -0.2) is 39.3 Å². The molecule has 0 spiro atoms. The maximum Gasteiger partial charge on any atom is 0.303 e. The van der Waals surface area contributed by atoms with Crippen molar-refractivity contribution in [3.8, 4) is 0 Å². The van der Waals surface area contributed by atoms with Crippen molar-refractivity contribution in [1.82, 2.24) is 5.32 Å². The summed E-state index contributed by atoms with van der Waals surface area (Å²) >= 11 is 0. The summed E-state index contributed by atoms with van der Waals surface area (Å²) < 4.78 is 0. The number of nitrogens with zero attached hydrogens (tertiary/aromatic N) is 3. The lowest BCUT2D eigenvalue weighted by molar-refractivity contribution is -0.138. The van der Waals surface area contributed by atoms with Crippen molar-refractivity contribution in [3.05, 3.63) is 106 Å². The van der Waals surface area contributed by atoms with Gasteiger partial charge in [-0.1, -0.05) is 32.6 Å². The average molecular weight is 565 g/mol. The Morgan fingerprint density at radius 2 is 1.60 bits per heavy atom. The first-order valence-electron chi connectivity index (χ1n) is 14.3. The average Bonchev–Trinajstić information content (AvgIpc) is 3.59. The van der Waals surface area contributed by atoms with Gasteiger partial charge in [-0.2, -0.15) is 0 Å². The van der Waals surface area contributed by atoms with Crippen LogP contribution in [0.15, 0.2) is 121 Å². The number of allylic oxidation sites excluding steroid dienone is 12. The second kappa shape index (κ2) is 11.4. The highest BCUT2D eigenvalue weighted by Crippen LogP contribution is 2.40. The van der Waals surface area contributed by atoms with Crippen LogP contribution in [-0.2, 0) is 9.59 Å². The molecule has 216 valence electrons. The quantitative estimate of drug-likeness (QED) is 0.295. The van der Waals surface area contributed by atoms with Gasteiger partial charge in [0.25, 0.3) is 0 Å². The minimum absolute atomic E-state index is 0.00408. The number of carboxylic acid groups (broad SMARTS) is 2. The molecule has 5 aliphatic rings. The molecule has 3 atom stereocenters. The molecule has 0 aromatic rings. The minimum Gasteiger partial charge on any atom is -0.481 e. The lowest BCUT2D eigenvalue weighted by atomic mass is 9.89. The monoisotopic (exact) mass is 564 g/mol. The van der Waals surface area contributed by atoms with Crippen molar-refractivity contribution < 1.29 is 19.8 Å². The molecule has 5 aliphatic heterocycles. The molecule has 0 saturated heterocycles. The van der Waals surface area contributed by atoms with E-state index in [2.05, 4.69) is 32.3 Å². The number of hydrogen-bond acceptors (Lipinski definition) is 6. The number of rotatable bonds is 8. The van der Waals surface area contributed by atoms with Crippen molar-refractivity contribution >= 4 is 29.1 Å². The molecule has 3 N–H and O–H groups in total. The maximum absolute atomic E-state index is 11.5. The van der Waals surface area contributed by atoms with Crippen molar-refractivity contribution in [2.75, 3.05) is 0 Å². The fourth-order valence-electron chi connectivity index (χ4n) is 6.14. The van der Waals surface area contributed by atoms with E-state index in [1.165, 1.54) is 0 Å². The number of aliphatic carboxylic acids is 2. The van der Waals surface area contributed by atoms with Gasteiger partial charge in [0.1, 0.15) is 0 Å². The molecule has 0 aromatic carbocycles. The van der Waals surface area contributed by atoms with Gasteiger partial charge in [0.05, 0.1) is 28.5 Å². The summed E-state index contributed by atoms with van der Waals surface area (Å²) in [5.41, 5.74) is 11.1. The van der Waals surface area contributed by atoms with E-state index in [1.807, 2.05) is 50.3 Å². The van der Waals surface area contributed by atoms with Crippen LogP contribution in [0.5, 0.6) is 0 Å². The van der Waals surface area contributed by atoms with E-state index < -0.39 is 11.9 Å². The van der Waals surface area contributed by atoms with E-state index in [9.17, 15) is 19.8 Å². The zero-order valence-corrected chi connectivity index (χ0v) is 24.5. The van der Waals surface area contributed by atoms with Gasteiger partial charge >= 0.3 is 11.9 Å². The van der Waals surface area contributed by atoms with Crippen LogP contribution in [0.25, 0.3) is 0 Å². The highest BCUT2D eigenvalue weighted by molar-refractivity contribution is 6.16. The van der Waals surface area contributed by atoms with Crippen molar-refractivity contribution in [1.29, 1.82) is 0 Å². The molecule has 8 nitrogen and oxygen atoms in total. The molecule has 8 heteroatoms. The van der Waals surface area contributed by atoms with Gasteiger partial charge in [-0.25, -0.2) is 9.98 Å². The topological polar surface area (TPSA) is 124 Å². The molecule has 8 bridgehead atoms. The number of nitrogens with one attached hydrogen (secondary N) is 1. The summed E-state index contributed by atoms with van der Waals surface area (Å²) in [6.07, 6.45) is 12.4. The van der Waals surface area contributed by atoms with Gasteiger partial charge in [0.15, 0.2) is 0 Å². The summed E-state index contributed by atoms with van der Waals surface area (Å²) in [7, 11) is 0. The zero-order valence-electron chi connectivity index (χ0n) is 24.5. The Morgan fingerprint density at radius 1 is 0.905 bits per heavy atom.